The number of thiazole rings is 1. The van der Waals surface area contributed by atoms with Crippen molar-refractivity contribution in [3.63, 3.8) is 0 Å². The largest absolute Gasteiger partial charge is 0.302 e. The Hall–Kier alpha value is -0.210. The molecule has 0 bridgehead atoms. The van der Waals surface area contributed by atoms with E-state index < -0.39 is 10.0 Å². The van der Waals surface area contributed by atoms with E-state index in [0.29, 0.717) is 6.54 Å². The number of aromatic nitrogens is 1. The van der Waals surface area contributed by atoms with Gasteiger partial charge in [0.25, 0.3) is 10.0 Å². The number of nitrogens with zero attached hydrogens (tertiary/aromatic N) is 2. The Bertz CT molecular complexity index is 468. The van der Waals surface area contributed by atoms with Crippen LogP contribution in [-0.4, -0.2) is 44.5 Å². The van der Waals surface area contributed by atoms with Gasteiger partial charge in [-0.1, -0.05) is 22.9 Å². The number of nitrogens with one attached hydrogen (secondary N) is 1. The molecule has 2 rings (SSSR count). The van der Waals surface area contributed by atoms with Crippen LogP contribution in [0.4, 0.5) is 0 Å². The third-order valence-electron chi connectivity index (χ3n) is 2.64. The molecule has 0 amide bonds. The van der Waals surface area contributed by atoms with Crippen molar-refractivity contribution in [2.45, 2.75) is 17.1 Å². The summed E-state index contributed by atoms with van der Waals surface area (Å²) in [5, 5.41) is 0. The van der Waals surface area contributed by atoms with Crippen molar-refractivity contribution in [2.75, 3.05) is 26.2 Å². The van der Waals surface area contributed by atoms with Crippen LogP contribution in [0.15, 0.2) is 10.4 Å². The van der Waals surface area contributed by atoms with Gasteiger partial charge in [0.05, 0.1) is 6.20 Å². The molecule has 0 radical (unpaired) electrons. The molecule has 5 nitrogen and oxygen atoms in total. The molecule has 0 atom stereocenters. The van der Waals surface area contributed by atoms with Crippen molar-refractivity contribution in [1.82, 2.24) is 14.6 Å². The smallest absolute Gasteiger partial charge is 0.251 e. The monoisotopic (exact) mass is 295 g/mol. The summed E-state index contributed by atoms with van der Waals surface area (Å²) in [6, 6.07) is 0. The number of hydrogen-bond acceptors (Lipinski definition) is 5. The van der Waals surface area contributed by atoms with Gasteiger partial charge in [-0.05, 0) is 25.9 Å². The lowest BCUT2D eigenvalue weighted by molar-refractivity contribution is 0.344. The van der Waals surface area contributed by atoms with Crippen LogP contribution in [-0.2, 0) is 10.0 Å². The summed E-state index contributed by atoms with van der Waals surface area (Å²) < 4.78 is 26.6. The highest BCUT2D eigenvalue weighted by Crippen LogP contribution is 2.21. The molecule has 1 saturated heterocycles. The Morgan fingerprint density at radius 2 is 2.18 bits per heavy atom. The average molecular weight is 296 g/mol. The number of rotatable bonds is 5. The summed E-state index contributed by atoms with van der Waals surface area (Å²) in [6.07, 6.45) is 3.69. The second kappa shape index (κ2) is 5.62. The summed E-state index contributed by atoms with van der Waals surface area (Å²) in [6.45, 7) is 3.31. The van der Waals surface area contributed by atoms with E-state index >= 15 is 0 Å². The van der Waals surface area contributed by atoms with Gasteiger partial charge in [0, 0.05) is 13.1 Å². The van der Waals surface area contributed by atoms with E-state index in [4.69, 9.17) is 11.6 Å². The van der Waals surface area contributed by atoms with E-state index in [0.717, 1.165) is 31.0 Å². The number of likely N-dealkylation sites (tertiary alicyclic amines) is 1. The lowest BCUT2D eigenvalue weighted by atomic mass is 10.4. The van der Waals surface area contributed by atoms with Gasteiger partial charge < -0.3 is 4.90 Å². The standard InChI is InChI=1S/C9H14ClN3O2S2/c10-9-11-7-8(16-9)17(14,15)12-3-6-13-4-1-2-5-13/h7,12H,1-6H2. The molecule has 0 unspecified atom stereocenters. The molecular weight excluding hydrogens is 282 g/mol. The normalized spacial score (nSPS) is 17.7. The maximum atomic E-state index is 11.8. The molecule has 0 saturated carbocycles. The molecule has 1 aliphatic rings. The summed E-state index contributed by atoms with van der Waals surface area (Å²) in [5.74, 6) is 0. The van der Waals surface area contributed by atoms with Gasteiger partial charge in [-0.25, -0.2) is 18.1 Å². The van der Waals surface area contributed by atoms with Crippen molar-refractivity contribution in [3.05, 3.63) is 10.7 Å². The first-order valence-electron chi connectivity index (χ1n) is 5.41. The number of halogens is 1. The van der Waals surface area contributed by atoms with Crippen molar-refractivity contribution in [2.24, 2.45) is 0 Å². The maximum Gasteiger partial charge on any atom is 0.251 e. The highest BCUT2D eigenvalue weighted by Gasteiger charge is 2.18. The molecule has 1 N–H and O–H groups in total. The van der Waals surface area contributed by atoms with Crippen molar-refractivity contribution in [3.8, 4) is 0 Å². The zero-order valence-electron chi connectivity index (χ0n) is 9.23. The average Bonchev–Trinajstić information content (AvgIpc) is 2.89. The Balaban J connectivity index is 1.85. The molecule has 1 aromatic heterocycles. The van der Waals surface area contributed by atoms with Crippen LogP contribution >= 0.6 is 22.9 Å². The predicted molar refractivity (Wildman–Crippen MR) is 68.0 cm³/mol. The molecule has 0 spiro atoms. The Kier molecular flexibility index (Phi) is 4.37. The maximum absolute atomic E-state index is 11.8. The summed E-state index contributed by atoms with van der Waals surface area (Å²) >= 11 is 6.58. The zero-order chi connectivity index (χ0) is 12.3. The Morgan fingerprint density at radius 3 is 2.76 bits per heavy atom. The molecule has 0 aromatic carbocycles. The first kappa shape index (κ1) is 13.2. The second-order valence-corrected chi connectivity index (χ2v) is 7.49. The highest BCUT2D eigenvalue weighted by atomic mass is 35.5. The van der Waals surface area contributed by atoms with Crippen LogP contribution in [0.3, 0.4) is 0 Å². The molecule has 1 aliphatic heterocycles. The van der Waals surface area contributed by atoms with E-state index in [9.17, 15) is 8.42 Å². The fraction of sp³-hybridized carbons (Fsp3) is 0.667. The SMILES string of the molecule is O=S(=O)(NCCN1CCCC1)c1cnc(Cl)s1. The zero-order valence-corrected chi connectivity index (χ0v) is 11.6. The van der Waals surface area contributed by atoms with E-state index in [1.54, 1.807) is 0 Å². The lowest BCUT2D eigenvalue weighted by Crippen LogP contribution is -2.33. The van der Waals surface area contributed by atoms with Crippen molar-refractivity contribution >= 4 is 33.0 Å². The van der Waals surface area contributed by atoms with Gasteiger partial charge in [0.2, 0.25) is 0 Å². The molecule has 8 heteroatoms. The molecule has 1 aromatic rings. The van der Waals surface area contributed by atoms with E-state index in [1.165, 1.54) is 19.0 Å². The van der Waals surface area contributed by atoms with E-state index in [1.807, 2.05) is 0 Å². The van der Waals surface area contributed by atoms with Gasteiger partial charge >= 0.3 is 0 Å². The minimum atomic E-state index is -3.44. The quantitative estimate of drug-likeness (QED) is 0.886. The summed E-state index contributed by atoms with van der Waals surface area (Å²) in [7, 11) is -3.44. The van der Waals surface area contributed by atoms with Crippen LogP contribution in [0, 0.1) is 0 Å². The lowest BCUT2D eigenvalue weighted by Gasteiger charge is -2.14. The first-order chi connectivity index (χ1) is 8.08. The van der Waals surface area contributed by atoms with Crippen LogP contribution in [0.1, 0.15) is 12.8 Å². The van der Waals surface area contributed by atoms with Crippen molar-refractivity contribution in [1.29, 1.82) is 0 Å². The molecular formula is C9H14ClN3O2S2. The van der Waals surface area contributed by atoms with Gasteiger partial charge in [-0.15, -0.1) is 0 Å². The fourth-order valence-corrected chi connectivity index (χ4v) is 4.14. The Morgan fingerprint density at radius 1 is 1.47 bits per heavy atom. The number of hydrogen-bond donors (Lipinski definition) is 1. The van der Waals surface area contributed by atoms with Crippen LogP contribution in [0.5, 0.6) is 0 Å². The fourth-order valence-electron chi connectivity index (χ4n) is 1.78. The minimum absolute atomic E-state index is 0.170. The first-order valence-corrected chi connectivity index (χ1v) is 8.09. The minimum Gasteiger partial charge on any atom is -0.302 e. The third-order valence-corrected chi connectivity index (χ3v) is 5.68. The van der Waals surface area contributed by atoms with Crippen LogP contribution in [0.2, 0.25) is 4.47 Å². The molecule has 0 aliphatic carbocycles. The number of sulfonamides is 1. The predicted octanol–water partition coefficient (Wildman–Crippen LogP) is 1.17. The van der Waals surface area contributed by atoms with Crippen molar-refractivity contribution < 1.29 is 8.42 Å². The van der Waals surface area contributed by atoms with E-state index in [-0.39, 0.29) is 8.68 Å². The van der Waals surface area contributed by atoms with Crippen LogP contribution < -0.4 is 4.72 Å². The topological polar surface area (TPSA) is 62.3 Å². The molecule has 2 heterocycles. The Labute approximate surface area is 110 Å². The van der Waals surface area contributed by atoms with E-state index in [2.05, 4.69) is 14.6 Å². The van der Waals surface area contributed by atoms with Gasteiger partial charge in [-0.3, -0.25) is 0 Å². The molecule has 96 valence electrons. The van der Waals surface area contributed by atoms with Gasteiger partial charge in [0.15, 0.2) is 8.68 Å². The van der Waals surface area contributed by atoms with Gasteiger partial charge in [0.1, 0.15) is 0 Å². The van der Waals surface area contributed by atoms with Gasteiger partial charge in [-0.2, -0.15) is 0 Å². The summed E-state index contributed by atoms with van der Waals surface area (Å²) in [5.41, 5.74) is 0. The van der Waals surface area contributed by atoms with Crippen LogP contribution in [0.25, 0.3) is 0 Å². The summed E-state index contributed by atoms with van der Waals surface area (Å²) in [4.78, 5) is 5.97. The third kappa shape index (κ3) is 3.62. The molecule has 1 fully saturated rings. The highest BCUT2D eigenvalue weighted by molar-refractivity contribution is 7.91. The second-order valence-electron chi connectivity index (χ2n) is 3.88. The molecule has 17 heavy (non-hydrogen) atoms.